The van der Waals surface area contributed by atoms with Crippen LogP contribution in [-0.2, 0) is 19.4 Å². The average Bonchev–Trinajstić information content (AvgIpc) is 2.52. The van der Waals surface area contributed by atoms with Crippen molar-refractivity contribution in [2.75, 3.05) is 6.54 Å². The summed E-state index contributed by atoms with van der Waals surface area (Å²) in [5, 5.41) is 13.2. The second kappa shape index (κ2) is 8.75. The SMILES string of the molecule is CCc1cccc(CNC[C@@H](O)CCc2cc(F)cc(F)c2)c1. The first kappa shape index (κ1) is 17.6. The Morgan fingerprint density at radius 1 is 1.00 bits per heavy atom. The van der Waals surface area contributed by atoms with E-state index in [-0.39, 0.29) is 0 Å². The van der Waals surface area contributed by atoms with Crippen molar-refractivity contribution in [3.63, 3.8) is 0 Å². The number of aliphatic hydroxyl groups excluding tert-OH is 1. The van der Waals surface area contributed by atoms with Gasteiger partial charge in [-0.25, -0.2) is 8.78 Å². The van der Waals surface area contributed by atoms with Crippen molar-refractivity contribution in [1.82, 2.24) is 5.32 Å². The van der Waals surface area contributed by atoms with E-state index in [0.717, 1.165) is 12.5 Å². The lowest BCUT2D eigenvalue weighted by Crippen LogP contribution is -2.26. The van der Waals surface area contributed by atoms with Crippen LogP contribution in [0.2, 0.25) is 0 Å². The van der Waals surface area contributed by atoms with Gasteiger partial charge in [0.05, 0.1) is 6.10 Å². The molecule has 0 radical (unpaired) electrons. The van der Waals surface area contributed by atoms with Crippen LogP contribution in [0.15, 0.2) is 42.5 Å². The number of nitrogens with one attached hydrogen (secondary N) is 1. The molecule has 2 N–H and O–H groups in total. The molecule has 0 unspecified atom stereocenters. The highest BCUT2D eigenvalue weighted by atomic mass is 19.1. The van der Waals surface area contributed by atoms with E-state index in [2.05, 4.69) is 24.4 Å². The maximum Gasteiger partial charge on any atom is 0.126 e. The zero-order valence-corrected chi connectivity index (χ0v) is 13.4. The van der Waals surface area contributed by atoms with Crippen LogP contribution in [0.3, 0.4) is 0 Å². The zero-order chi connectivity index (χ0) is 16.7. The van der Waals surface area contributed by atoms with Crippen LogP contribution in [-0.4, -0.2) is 17.8 Å². The van der Waals surface area contributed by atoms with Crippen molar-refractivity contribution in [3.8, 4) is 0 Å². The minimum absolute atomic E-state index is 0.447. The zero-order valence-electron chi connectivity index (χ0n) is 13.4. The van der Waals surface area contributed by atoms with Gasteiger partial charge < -0.3 is 10.4 Å². The lowest BCUT2D eigenvalue weighted by Gasteiger charge is -2.12. The van der Waals surface area contributed by atoms with Gasteiger partial charge >= 0.3 is 0 Å². The van der Waals surface area contributed by atoms with Crippen molar-refractivity contribution in [2.45, 2.75) is 38.8 Å². The fraction of sp³-hybridized carbons (Fsp3) is 0.368. The second-order valence-corrected chi connectivity index (χ2v) is 5.77. The topological polar surface area (TPSA) is 32.3 Å². The first-order valence-electron chi connectivity index (χ1n) is 7.98. The van der Waals surface area contributed by atoms with Gasteiger partial charge in [0, 0.05) is 19.2 Å². The smallest absolute Gasteiger partial charge is 0.126 e. The van der Waals surface area contributed by atoms with Crippen LogP contribution >= 0.6 is 0 Å². The molecule has 0 aliphatic heterocycles. The van der Waals surface area contributed by atoms with E-state index in [1.807, 2.05) is 12.1 Å². The molecule has 2 rings (SSSR count). The van der Waals surface area contributed by atoms with Crippen molar-refractivity contribution >= 4 is 0 Å². The minimum atomic E-state index is -0.580. The monoisotopic (exact) mass is 319 g/mol. The molecule has 4 heteroatoms. The van der Waals surface area contributed by atoms with E-state index in [4.69, 9.17) is 0 Å². The van der Waals surface area contributed by atoms with E-state index in [0.29, 0.717) is 31.5 Å². The van der Waals surface area contributed by atoms with Crippen molar-refractivity contribution in [1.29, 1.82) is 0 Å². The quantitative estimate of drug-likeness (QED) is 0.779. The number of hydrogen-bond donors (Lipinski definition) is 2. The average molecular weight is 319 g/mol. The van der Waals surface area contributed by atoms with Crippen LogP contribution in [0.1, 0.15) is 30.0 Å². The van der Waals surface area contributed by atoms with Crippen LogP contribution in [0, 0.1) is 11.6 Å². The molecule has 0 amide bonds. The van der Waals surface area contributed by atoms with Crippen LogP contribution in [0.4, 0.5) is 8.78 Å². The summed E-state index contributed by atoms with van der Waals surface area (Å²) >= 11 is 0. The van der Waals surface area contributed by atoms with Gasteiger partial charge in [-0.3, -0.25) is 0 Å². The number of benzene rings is 2. The summed E-state index contributed by atoms with van der Waals surface area (Å²) in [4.78, 5) is 0. The van der Waals surface area contributed by atoms with Crippen LogP contribution in [0.25, 0.3) is 0 Å². The summed E-state index contributed by atoms with van der Waals surface area (Å²) in [6.45, 7) is 3.26. The molecule has 0 bridgehead atoms. The molecule has 0 aliphatic carbocycles. The van der Waals surface area contributed by atoms with Gasteiger partial charge in [0.25, 0.3) is 0 Å². The van der Waals surface area contributed by atoms with E-state index >= 15 is 0 Å². The molecule has 23 heavy (non-hydrogen) atoms. The van der Waals surface area contributed by atoms with E-state index in [1.54, 1.807) is 0 Å². The molecule has 1 atom stereocenters. The third kappa shape index (κ3) is 6.08. The summed E-state index contributed by atoms with van der Waals surface area (Å²) in [6, 6.07) is 11.8. The highest BCUT2D eigenvalue weighted by Gasteiger charge is 2.06. The number of aryl methyl sites for hydroxylation is 2. The van der Waals surface area contributed by atoms with Gasteiger partial charge in [0.1, 0.15) is 11.6 Å². The molecule has 0 spiro atoms. The fourth-order valence-electron chi connectivity index (χ4n) is 2.53. The summed E-state index contributed by atoms with van der Waals surface area (Å²) < 4.78 is 26.2. The van der Waals surface area contributed by atoms with Crippen LogP contribution < -0.4 is 5.32 Å². The van der Waals surface area contributed by atoms with Crippen molar-refractivity contribution < 1.29 is 13.9 Å². The Kier molecular flexibility index (Phi) is 6.68. The summed E-state index contributed by atoms with van der Waals surface area (Å²) in [6.07, 6.45) is 1.37. The Morgan fingerprint density at radius 3 is 2.39 bits per heavy atom. The molecular weight excluding hydrogens is 296 g/mol. The third-order valence-corrected chi connectivity index (χ3v) is 3.80. The molecular formula is C19H23F2NO. The lowest BCUT2D eigenvalue weighted by molar-refractivity contribution is 0.161. The number of aliphatic hydroxyl groups is 1. The fourth-order valence-corrected chi connectivity index (χ4v) is 2.53. The number of halogens is 2. The minimum Gasteiger partial charge on any atom is -0.392 e. The molecule has 0 aromatic heterocycles. The highest BCUT2D eigenvalue weighted by molar-refractivity contribution is 5.23. The van der Waals surface area contributed by atoms with Gasteiger partial charge in [-0.15, -0.1) is 0 Å². The van der Waals surface area contributed by atoms with Crippen molar-refractivity contribution in [3.05, 3.63) is 70.8 Å². The van der Waals surface area contributed by atoms with Crippen LogP contribution in [0.5, 0.6) is 0 Å². The van der Waals surface area contributed by atoms with E-state index < -0.39 is 17.7 Å². The Bertz CT molecular complexity index is 610. The van der Waals surface area contributed by atoms with E-state index in [1.165, 1.54) is 23.3 Å². The summed E-state index contributed by atoms with van der Waals surface area (Å²) in [5.74, 6) is -1.16. The molecule has 0 heterocycles. The number of rotatable bonds is 8. The molecule has 0 saturated heterocycles. The molecule has 0 aliphatic rings. The first-order chi connectivity index (χ1) is 11.1. The Morgan fingerprint density at radius 2 is 1.70 bits per heavy atom. The van der Waals surface area contributed by atoms with Gasteiger partial charge in [0.2, 0.25) is 0 Å². The van der Waals surface area contributed by atoms with E-state index in [9.17, 15) is 13.9 Å². The molecule has 0 saturated carbocycles. The standard InChI is InChI=1S/C19H23F2NO/c1-2-14-4-3-5-16(8-14)12-22-13-19(23)7-6-15-9-17(20)11-18(21)10-15/h3-5,8-11,19,22-23H,2,6-7,12-13H2,1H3/t19-/m0/s1. The van der Waals surface area contributed by atoms with Crippen molar-refractivity contribution in [2.24, 2.45) is 0 Å². The molecule has 2 aromatic carbocycles. The second-order valence-electron chi connectivity index (χ2n) is 5.77. The Balaban J connectivity index is 1.73. The normalized spacial score (nSPS) is 12.3. The summed E-state index contributed by atoms with van der Waals surface area (Å²) in [7, 11) is 0. The molecule has 124 valence electrons. The lowest BCUT2D eigenvalue weighted by atomic mass is 10.1. The molecule has 2 nitrogen and oxygen atoms in total. The largest absolute Gasteiger partial charge is 0.392 e. The van der Waals surface area contributed by atoms with Gasteiger partial charge in [-0.1, -0.05) is 31.2 Å². The Labute approximate surface area is 136 Å². The third-order valence-electron chi connectivity index (χ3n) is 3.80. The predicted octanol–water partition coefficient (Wildman–Crippen LogP) is 3.61. The van der Waals surface area contributed by atoms with Gasteiger partial charge in [-0.2, -0.15) is 0 Å². The van der Waals surface area contributed by atoms with Gasteiger partial charge in [0.15, 0.2) is 0 Å². The maximum absolute atomic E-state index is 13.1. The molecule has 2 aromatic rings. The predicted molar refractivity (Wildman–Crippen MR) is 88.2 cm³/mol. The molecule has 0 fully saturated rings. The Hall–Kier alpha value is -1.78. The summed E-state index contributed by atoms with van der Waals surface area (Å²) in [5.41, 5.74) is 3.04. The number of hydrogen-bond acceptors (Lipinski definition) is 2. The first-order valence-corrected chi connectivity index (χ1v) is 7.98. The maximum atomic E-state index is 13.1. The highest BCUT2D eigenvalue weighted by Crippen LogP contribution is 2.11. The van der Waals surface area contributed by atoms with Gasteiger partial charge in [-0.05, 0) is 48.1 Å².